The first-order valence-electron chi connectivity index (χ1n) is 16.7. The van der Waals surface area contributed by atoms with E-state index in [-0.39, 0.29) is 42.4 Å². The second-order valence-corrected chi connectivity index (χ2v) is 15.3. The van der Waals surface area contributed by atoms with E-state index in [9.17, 15) is 18.0 Å². The van der Waals surface area contributed by atoms with Gasteiger partial charge in [-0.25, -0.2) is 17.9 Å². The SMILES string of the molecule is CCOc1ccc(S(=O)(=O)NC(C)COC)cc1C1=NC(c2ccc(Cl)cc2)C(c2ccc(Cl)cc2)N1C(=O)N1CCN(CC(=O)N(C)C)CC1. The molecule has 3 aromatic rings. The predicted octanol–water partition coefficient (Wildman–Crippen LogP) is 5.08. The number of halogens is 2. The summed E-state index contributed by atoms with van der Waals surface area (Å²) in [7, 11) is 0.933. The van der Waals surface area contributed by atoms with E-state index in [1.807, 2.05) is 36.1 Å². The molecule has 3 aromatic carbocycles. The molecule has 0 bridgehead atoms. The van der Waals surface area contributed by atoms with Gasteiger partial charge in [-0.1, -0.05) is 47.5 Å². The molecular weight excluding hydrogens is 715 g/mol. The summed E-state index contributed by atoms with van der Waals surface area (Å²) in [5, 5.41) is 1.09. The van der Waals surface area contributed by atoms with Gasteiger partial charge in [0.25, 0.3) is 0 Å². The summed E-state index contributed by atoms with van der Waals surface area (Å²) in [6.45, 7) is 6.01. The van der Waals surface area contributed by atoms with E-state index < -0.39 is 28.1 Å². The van der Waals surface area contributed by atoms with Gasteiger partial charge < -0.3 is 19.3 Å². The smallest absolute Gasteiger partial charge is 0.326 e. The maximum atomic E-state index is 14.9. The van der Waals surface area contributed by atoms with Crippen LogP contribution in [0.5, 0.6) is 5.75 Å². The van der Waals surface area contributed by atoms with E-state index in [0.717, 1.165) is 11.1 Å². The highest BCUT2D eigenvalue weighted by molar-refractivity contribution is 7.89. The van der Waals surface area contributed by atoms with Crippen LogP contribution in [-0.4, -0.2) is 119 Å². The third kappa shape index (κ3) is 9.02. The van der Waals surface area contributed by atoms with Crippen molar-refractivity contribution in [3.05, 3.63) is 93.5 Å². The maximum absolute atomic E-state index is 14.9. The molecule has 3 unspecified atom stereocenters. The zero-order valence-corrected chi connectivity index (χ0v) is 31.7. The number of aliphatic imine (C=N–C) groups is 1. The number of carbonyl (C=O) groups is 2. The lowest BCUT2D eigenvalue weighted by Gasteiger charge is -2.39. The number of sulfonamides is 1. The lowest BCUT2D eigenvalue weighted by atomic mass is 9.93. The summed E-state index contributed by atoms with van der Waals surface area (Å²) in [6, 6.07) is 17.1. The Balaban J connectivity index is 1.64. The van der Waals surface area contributed by atoms with Crippen molar-refractivity contribution in [2.24, 2.45) is 4.99 Å². The molecule has 3 atom stereocenters. The van der Waals surface area contributed by atoms with Crippen molar-refractivity contribution < 1.29 is 27.5 Å². The van der Waals surface area contributed by atoms with E-state index in [4.69, 9.17) is 37.7 Å². The molecule has 1 N–H and O–H groups in total. The molecule has 1 saturated heterocycles. The average molecular weight is 760 g/mol. The minimum atomic E-state index is -4.01. The lowest BCUT2D eigenvalue weighted by Crippen LogP contribution is -2.55. The Morgan fingerprint density at radius 2 is 1.57 bits per heavy atom. The number of carbonyl (C=O) groups excluding carboxylic acids is 2. The van der Waals surface area contributed by atoms with Gasteiger partial charge >= 0.3 is 6.03 Å². The number of nitrogens with one attached hydrogen (secondary N) is 1. The van der Waals surface area contributed by atoms with Crippen LogP contribution in [0.3, 0.4) is 0 Å². The number of hydrogen-bond donors (Lipinski definition) is 1. The Kier molecular flexibility index (Phi) is 12.6. The van der Waals surface area contributed by atoms with Crippen molar-refractivity contribution >= 4 is 51.0 Å². The van der Waals surface area contributed by atoms with Gasteiger partial charge in [-0.05, 0) is 67.4 Å². The molecule has 0 saturated carbocycles. The molecule has 274 valence electrons. The van der Waals surface area contributed by atoms with Crippen LogP contribution in [0.4, 0.5) is 4.79 Å². The Hall–Kier alpha value is -3.72. The molecule has 2 aliphatic heterocycles. The van der Waals surface area contributed by atoms with Gasteiger partial charge in [0.1, 0.15) is 17.6 Å². The zero-order chi connectivity index (χ0) is 36.9. The summed E-state index contributed by atoms with van der Waals surface area (Å²) in [5.74, 6) is 0.619. The highest BCUT2D eigenvalue weighted by Crippen LogP contribution is 2.45. The minimum absolute atomic E-state index is 0.0123. The molecule has 1 fully saturated rings. The van der Waals surface area contributed by atoms with Crippen LogP contribution < -0.4 is 9.46 Å². The van der Waals surface area contributed by atoms with Gasteiger partial charge in [0, 0.05) is 63.5 Å². The standard InChI is InChI=1S/C36H44Cl2N6O6S/c1-6-50-31-16-15-29(51(47,48)40-24(2)23-49-5)21-30(31)35-39-33(25-7-11-27(37)12-8-25)34(26-9-13-28(38)14-10-26)44(35)36(46)43-19-17-42(18-20-43)22-32(45)41(3)4/h7-16,21,24,33-34,40H,6,17-20,22-23H2,1-5H3. The monoisotopic (exact) mass is 758 g/mol. The van der Waals surface area contributed by atoms with Crippen LogP contribution in [0.1, 0.15) is 42.6 Å². The highest BCUT2D eigenvalue weighted by Gasteiger charge is 2.45. The summed E-state index contributed by atoms with van der Waals surface area (Å²) in [5.41, 5.74) is 1.92. The number of urea groups is 1. The largest absolute Gasteiger partial charge is 0.493 e. The molecule has 15 heteroatoms. The lowest BCUT2D eigenvalue weighted by molar-refractivity contribution is -0.130. The fraction of sp³-hybridized carbons (Fsp3) is 0.417. The number of nitrogens with zero attached hydrogens (tertiary/aromatic N) is 5. The molecule has 0 aromatic heterocycles. The van der Waals surface area contributed by atoms with Gasteiger partial charge in [-0.3, -0.25) is 19.6 Å². The number of ether oxygens (including phenoxy) is 2. The van der Waals surface area contributed by atoms with Crippen LogP contribution in [0, 0.1) is 0 Å². The molecule has 5 rings (SSSR count). The molecule has 0 radical (unpaired) electrons. The Morgan fingerprint density at radius 3 is 2.14 bits per heavy atom. The van der Waals surface area contributed by atoms with Gasteiger partial charge in [0.15, 0.2) is 0 Å². The van der Waals surface area contributed by atoms with E-state index in [2.05, 4.69) is 4.72 Å². The molecule has 0 aliphatic carbocycles. The van der Waals surface area contributed by atoms with Crippen molar-refractivity contribution in [2.45, 2.75) is 36.9 Å². The van der Waals surface area contributed by atoms with Crippen LogP contribution in [0.2, 0.25) is 10.0 Å². The Labute approximate surface area is 310 Å². The predicted molar refractivity (Wildman–Crippen MR) is 198 cm³/mol. The number of methoxy groups -OCH3 is 1. The number of hydrogen-bond acceptors (Lipinski definition) is 8. The second-order valence-electron chi connectivity index (χ2n) is 12.7. The number of amides is 3. The highest BCUT2D eigenvalue weighted by atomic mass is 35.5. The molecule has 51 heavy (non-hydrogen) atoms. The molecular formula is C36H44Cl2N6O6S. The maximum Gasteiger partial charge on any atom is 0.326 e. The third-order valence-electron chi connectivity index (χ3n) is 8.77. The van der Waals surface area contributed by atoms with E-state index in [1.54, 1.807) is 66.1 Å². The summed E-state index contributed by atoms with van der Waals surface area (Å²) in [6.07, 6.45) is 0. The van der Waals surface area contributed by atoms with Crippen LogP contribution in [0.15, 0.2) is 76.6 Å². The van der Waals surface area contributed by atoms with Crippen LogP contribution in [0.25, 0.3) is 0 Å². The number of piperazine rings is 1. The molecule has 2 heterocycles. The fourth-order valence-electron chi connectivity index (χ4n) is 6.19. The topological polar surface area (TPSA) is 124 Å². The van der Waals surface area contributed by atoms with Crippen molar-refractivity contribution in [3.63, 3.8) is 0 Å². The van der Waals surface area contributed by atoms with Gasteiger partial charge in [0.2, 0.25) is 15.9 Å². The first-order valence-corrected chi connectivity index (χ1v) is 18.9. The van der Waals surface area contributed by atoms with Crippen molar-refractivity contribution in [1.29, 1.82) is 0 Å². The minimum Gasteiger partial charge on any atom is -0.493 e. The van der Waals surface area contributed by atoms with Gasteiger partial charge in [0.05, 0.1) is 36.3 Å². The quantitative estimate of drug-likeness (QED) is 0.274. The molecule has 3 amide bonds. The Morgan fingerprint density at radius 1 is 0.961 bits per heavy atom. The van der Waals surface area contributed by atoms with Crippen LogP contribution in [-0.2, 0) is 19.6 Å². The number of benzene rings is 3. The van der Waals surface area contributed by atoms with Crippen molar-refractivity contribution in [1.82, 2.24) is 24.3 Å². The average Bonchev–Trinajstić information content (AvgIpc) is 3.49. The van der Waals surface area contributed by atoms with Crippen molar-refractivity contribution in [2.75, 3.05) is 67.1 Å². The van der Waals surface area contributed by atoms with E-state index >= 15 is 0 Å². The third-order valence-corrected chi connectivity index (χ3v) is 10.9. The first kappa shape index (κ1) is 38.5. The van der Waals surface area contributed by atoms with Crippen molar-refractivity contribution in [3.8, 4) is 5.75 Å². The Bertz CT molecular complexity index is 1830. The second kappa shape index (κ2) is 16.7. The number of likely N-dealkylation sites (N-methyl/N-ethyl adjacent to an activating group) is 1. The molecule has 0 spiro atoms. The van der Waals surface area contributed by atoms with Crippen LogP contribution >= 0.6 is 23.2 Å². The van der Waals surface area contributed by atoms with E-state index in [1.165, 1.54) is 19.2 Å². The summed E-state index contributed by atoms with van der Waals surface area (Å²) >= 11 is 12.6. The van der Waals surface area contributed by atoms with E-state index in [0.29, 0.717) is 47.5 Å². The fourth-order valence-corrected chi connectivity index (χ4v) is 7.69. The zero-order valence-electron chi connectivity index (χ0n) is 29.4. The normalized spacial score (nSPS) is 18.8. The molecule has 2 aliphatic rings. The molecule has 12 nitrogen and oxygen atoms in total. The summed E-state index contributed by atoms with van der Waals surface area (Å²) < 4.78 is 41.1. The first-order chi connectivity index (χ1) is 24.3. The number of amidine groups is 1. The number of rotatable bonds is 12. The van der Waals surface area contributed by atoms with Gasteiger partial charge in [-0.2, -0.15) is 0 Å². The van der Waals surface area contributed by atoms with Gasteiger partial charge in [-0.15, -0.1) is 0 Å². The summed E-state index contributed by atoms with van der Waals surface area (Å²) in [4.78, 5) is 39.5.